The summed E-state index contributed by atoms with van der Waals surface area (Å²) in [5.74, 6) is 0.605. The van der Waals surface area contributed by atoms with E-state index >= 15 is 0 Å². The van der Waals surface area contributed by atoms with Crippen LogP contribution in [0, 0.1) is 0 Å². The Bertz CT molecular complexity index is 504. The third kappa shape index (κ3) is 6.13. The molecule has 1 fully saturated rings. The first-order valence-corrected chi connectivity index (χ1v) is 9.01. The molecule has 2 rings (SSSR count). The van der Waals surface area contributed by atoms with E-state index in [0.717, 1.165) is 18.7 Å². The number of rotatable bonds is 7. The molecule has 1 aromatic rings. The molecule has 2 unspecified atom stereocenters. The molecule has 0 spiro atoms. The van der Waals surface area contributed by atoms with Crippen molar-refractivity contribution in [1.82, 2.24) is 4.90 Å². The number of aliphatic hydroxyl groups is 1. The second-order valence-electron chi connectivity index (χ2n) is 6.58. The molecule has 1 aliphatic heterocycles. The molecular weight excluding hydrogens is 304 g/mol. The number of benzene rings is 1. The van der Waals surface area contributed by atoms with Crippen LogP contribution >= 0.6 is 0 Å². The van der Waals surface area contributed by atoms with Gasteiger partial charge in [-0.15, -0.1) is 0 Å². The second kappa shape index (κ2) is 9.64. The molecule has 2 atom stereocenters. The van der Waals surface area contributed by atoms with Gasteiger partial charge in [-0.2, -0.15) is 0 Å². The smallest absolute Gasteiger partial charge is 0.221 e. The summed E-state index contributed by atoms with van der Waals surface area (Å²) in [7, 11) is 0. The van der Waals surface area contributed by atoms with Gasteiger partial charge in [0.1, 0.15) is 18.5 Å². The fraction of sp³-hybridized carbons (Fsp3) is 0.632. The van der Waals surface area contributed by atoms with E-state index in [-0.39, 0.29) is 12.5 Å². The Labute approximate surface area is 145 Å². The number of nitrogens with zero attached hydrogens (tertiary/aromatic N) is 1. The van der Waals surface area contributed by atoms with Crippen molar-refractivity contribution in [2.75, 3.05) is 25.0 Å². The van der Waals surface area contributed by atoms with Gasteiger partial charge in [0.25, 0.3) is 0 Å². The number of likely N-dealkylation sites (tertiary alicyclic amines) is 1. The zero-order valence-electron chi connectivity index (χ0n) is 14.8. The molecule has 1 aliphatic rings. The van der Waals surface area contributed by atoms with Crippen molar-refractivity contribution in [2.45, 2.75) is 58.1 Å². The van der Waals surface area contributed by atoms with Crippen LogP contribution in [0.3, 0.4) is 0 Å². The first-order chi connectivity index (χ1) is 11.6. The van der Waals surface area contributed by atoms with Crippen molar-refractivity contribution in [3.63, 3.8) is 0 Å². The molecule has 1 amide bonds. The number of nitrogens with one attached hydrogen (secondary N) is 1. The lowest BCUT2D eigenvalue weighted by atomic mass is 10.1. The van der Waals surface area contributed by atoms with Gasteiger partial charge in [-0.05, 0) is 50.1 Å². The number of ether oxygens (including phenoxy) is 1. The van der Waals surface area contributed by atoms with Crippen LogP contribution in [0.4, 0.5) is 5.69 Å². The fourth-order valence-electron chi connectivity index (χ4n) is 3.29. The number of anilines is 1. The summed E-state index contributed by atoms with van der Waals surface area (Å²) in [6, 6.07) is 7.78. The highest BCUT2D eigenvalue weighted by molar-refractivity contribution is 5.88. The molecule has 1 aromatic carbocycles. The predicted molar refractivity (Wildman–Crippen MR) is 96.4 cm³/mol. The van der Waals surface area contributed by atoms with Crippen LogP contribution in [0.5, 0.6) is 5.75 Å². The number of carbonyl (C=O) groups is 1. The van der Waals surface area contributed by atoms with E-state index in [9.17, 15) is 9.90 Å². The SMILES string of the molecule is CCC1CCCCCN1CC(O)COc1ccc(NC(C)=O)cc1. The largest absolute Gasteiger partial charge is 0.491 e. The Morgan fingerprint density at radius 2 is 2.08 bits per heavy atom. The van der Waals surface area contributed by atoms with Crippen LogP contribution in [0.1, 0.15) is 46.0 Å². The van der Waals surface area contributed by atoms with Gasteiger partial charge >= 0.3 is 0 Å². The number of β-amino-alcohol motifs (C(OH)–C–C–N with tert-alkyl or cyclic N) is 1. The summed E-state index contributed by atoms with van der Waals surface area (Å²) in [4.78, 5) is 13.4. The molecule has 5 nitrogen and oxygen atoms in total. The Balaban J connectivity index is 1.79. The summed E-state index contributed by atoms with van der Waals surface area (Å²) in [5, 5.41) is 13.0. The van der Waals surface area contributed by atoms with Crippen molar-refractivity contribution in [1.29, 1.82) is 0 Å². The highest BCUT2D eigenvalue weighted by atomic mass is 16.5. The molecule has 0 aromatic heterocycles. The Morgan fingerprint density at radius 3 is 2.75 bits per heavy atom. The second-order valence-corrected chi connectivity index (χ2v) is 6.58. The maximum atomic E-state index is 11.0. The van der Waals surface area contributed by atoms with Crippen molar-refractivity contribution in [2.24, 2.45) is 0 Å². The van der Waals surface area contributed by atoms with E-state index in [1.165, 1.54) is 32.6 Å². The van der Waals surface area contributed by atoms with Crippen LogP contribution in [0.25, 0.3) is 0 Å². The van der Waals surface area contributed by atoms with Crippen molar-refractivity contribution < 1.29 is 14.6 Å². The van der Waals surface area contributed by atoms with E-state index in [1.54, 1.807) is 24.3 Å². The molecule has 0 bridgehead atoms. The quantitative estimate of drug-likeness (QED) is 0.804. The summed E-state index contributed by atoms with van der Waals surface area (Å²) in [6.45, 7) is 5.73. The highest BCUT2D eigenvalue weighted by Crippen LogP contribution is 2.20. The predicted octanol–water partition coefficient (Wildman–Crippen LogP) is 3.04. The van der Waals surface area contributed by atoms with Crippen molar-refractivity contribution in [3.8, 4) is 5.75 Å². The van der Waals surface area contributed by atoms with Gasteiger partial charge < -0.3 is 15.2 Å². The summed E-state index contributed by atoms with van der Waals surface area (Å²) in [5.41, 5.74) is 0.741. The minimum atomic E-state index is -0.493. The topological polar surface area (TPSA) is 61.8 Å². The summed E-state index contributed by atoms with van der Waals surface area (Å²) in [6.07, 6.45) is 5.68. The van der Waals surface area contributed by atoms with Gasteiger partial charge in [-0.1, -0.05) is 19.8 Å². The van der Waals surface area contributed by atoms with Gasteiger partial charge in [0.15, 0.2) is 0 Å². The zero-order valence-corrected chi connectivity index (χ0v) is 14.8. The summed E-state index contributed by atoms with van der Waals surface area (Å²) < 4.78 is 5.68. The number of hydrogen-bond acceptors (Lipinski definition) is 4. The first kappa shape index (κ1) is 18.7. The number of hydrogen-bond donors (Lipinski definition) is 2. The third-order valence-corrected chi connectivity index (χ3v) is 4.53. The molecule has 1 saturated heterocycles. The Hall–Kier alpha value is -1.59. The van der Waals surface area contributed by atoms with Crippen LogP contribution < -0.4 is 10.1 Å². The van der Waals surface area contributed by atoms with E-state index in [4.69, 9.17) is 4.74 Å². The molecule has 0 radical (unpaired) electrons. The monoisotopic (exact) mass is 334 g/mol. The lowest BCUT2D eigenvalue weighted by Crippen LogP contribution is -2.41. The fourth-order valence-corrected chi connectivity index (χ4v) is 3.29. The van der Waals surface area contributed by atoms with Crippen LogP contribution in [0.15, 0.2) is 24.3 Å². The maximum Gasteiger partial charge on any atom is 0.221 e. The van der Waals surface area contributed by atoms with E-state index in [1.807, 2.05) is 0 Å². The van der Waals surface area contributed by atoms with Crippen molar-refractivity contribution >= 4 is 11.6 Å². The number of carbonyl (C=O) groups excluding carboxylic acids is 1. The molecule has 1 heterocycles. The molecule has 24 heavy (non-hydrogen) atoms. The lowest BCUT2D eigenvalue weighted by molar-refractivity contribution is -0.114. The molecule has 2 N–H and O–H groups in total. The highest BCUT2D eigenvalue weighted by Gasteiger charge is 2.21. The first-order valence-electron chi connectivity index (χ1n) is 9.01. The standard InChI is InChI=1S/C19H30N2O3/c1-3-17-7-5-4-6-12-21(17)13-18(23)14-24-19-10-8-16(9-11-19)20-15(2)22/h8-11,17-18,23H,3-7,12-14H2,1-2H3,(H,20,22). The summed E-state index contributed by atoms with van der Waals surface area (Å²) >= 11 is 0. The minimum absolute atomic E-state index is 0.0954. The van der Waals surface area contributed by atoms with Gasteiger partial charge in [-0.3, -0.25) is 9.69 Å². The van der Waals surface area contributed by atoms with Crippen LogP contribution in [-0.2, 0) is 4.79 Å². The molecule has 0 saturated carbocycles. The zero-order chi connectivity index (χ0) is 17.4. The van der Waals surface area contributed by atoms with Gasteiger partial charge in [0.2, 0.25) is 5.91 Å². The number of aliphatic hydroxyl groups excluding tert-OH is 1. The maximum absolute atomic E-state index is 11.0. The van der Waals surface area contributed by atoms with Crippen molar-refractivity contribution in [3.05, 3.63) is 24.3 Å². The van der Waals surface area contributed by atoms with E-state index < -0.39 is 6.10 Å². The van der Waals surface area contributed by atoms with Crippen LogP contribution in [0.2, 0.25) is 0 Å². The van der Waals surface area contributed by atoms with Gasteiger partial charge in [0.05, 0.1) is 0 Å². The molecule has 5 heteroatoms. The normalized spacial score (nSPS) is 20.2. The average Bonchev–Trinajstić information content (AvgIpc) is 2.78. The lowest BCUT2D eigenvalue weighted by Gasteiger charge is -2.30. The molecular formula is C19H30N2O3. The van der Waals surface area contributed by atoms with E-state index in [2.05, 4.69) is 17.1 Å². The van der Waals surface area contributed by atoms with Gasteiger partial charge in [0, 0.05) is 25.2 Å². The van der Waals surface area contributed by atoms with Gasteiger partial charge in [-0.25, -0.2) is 0 Å². The third-order valence-electron chi connectivity index (χ3n) is 4.53. The Kier molecular flexibility index (Phi) is 7.53. The Morgan fingerprint density at radius 1 is 1.33 bits per heavy atom. The average molecular weight is 334 g/mol. The van der Waals surface area contributed by atoms with E-state index in [0.29, 0.717) is 18.3 Å². The molecule has 0 aliphatic carbocycles. The molecule has 134 valence electrons. The number of amides is 1. The van der Waals surface area contributed by atoms with Crippen LogP contribution in [-0.4, -0.2) is 47.8 Å². The minimum Gasteiger partial charge on any atom is -0.491 e.